The van der Waals surface area contributed by atoms with Crippen LogP contribution in [-0.2, 0) is 21.4 Å². The predicted octanol–water partition coefficient (Wildman–Crippen LogP) is 3.12. The number of halogens is 1. The third-order valence-electron chi connectivity index (χ3n) is 5.28. The van der Waals surface area contributed by atoms with Crippen LogP contribution in [-0.4, -0.2) is 31.1 Å². The highest BCUT2D eigenvalue weighted by Crippen LogP contribution is 2.40. The van der Waals surface area contributed by atoms with Gasteiger partial charge in [0.25, 0.3) is 15.9 Å². The smallest absolute Gasteiger partial charge is 0.265 e. The molecule has 1 fully saturated rings. The summed E-state index contributed by atoms with van der Waals surface area (Å²) in [7, 11) is -4.02. The van der Waals surface area contributed by atoms with Gasteiger partial charge < -0.3 is 9.26 Å². The summed E-state index contributed by atoms with van der Waals surface area (Å²) >= 11 is 0. The van der Waals surface area contributed by atoms with E-state index in [1.807, 2.05) is 0 Å². The summed E-state index contributed by atoms with van der Waals surface area (Å²) in [6.07, 6.45) is 2.03. The first kappa shape index (κ1) is 20.4. The molecule has 166 valence electrons. The largest absolute Gasteiger partial charge is 0.482 e. The Kier molecular flexibility index (Phi) is 4.85. The van der Waals surface area contributed by atoms with Crippen LogP contribution in [0, 0.1) is 12.7 Å². The number of hydrogen-bond acceptors (Lipinski definition) is 7. The van der Waals surface area contributed by atoms with Crippen molar-refractivity contribution in [1.82, 2.24) is 10.1 Å². The zero-order valence-corrected chi connectivity index (χ0v) is 17.9. The Morgan fingerprint density at radius 3 is 2.81 bits per heavy atom. The first-order valence-corrected chi connectivity index (χ1v) is 11.5. The van der Waals surface area contributed by atoms with Crippen molar-refractivity contribution in [2.45, 2.75) is 37.1 Å². The molecule has 1 aliphatic carbocycles. The average molecular weight is 458 g/mol. The summed E-state index contributed by atoms with van der Waals surface area (Å²) in [6, 6.07) is 8.09. The number of carbonyl (C=O) groups excluding carboxylic acids is 1. The Morgan fingerprint density at radius 1 is 1.25 bits per heavy atom. The number of anilines is 2. The minimum atomic E-state index is -4.02. The maximum atomic E-state index is 13.4. The van der Waals surface area contributed by atoms with Crippen LogP contribution in [0.2, 0.25) is 0 Å². The van der Waals surface area contributed by atoms with E-state index in [9.17, 15) is 17.6 Å². The predicted molar refractivity (Wildman–Crippen MR) is 111 cm³/mol. The third-order valence-corrected chi connectivity index (χ3v) is 6.80. The van der Waals surface area contributed by atoms with Gasteiger partial charge in [0.15, 0.2) is 12.4 Å². The lowest BCUT2D eigenvalue weighted by Gasteiger charge is -2.29. The second-order valence-corrected chi connectivity index (χ2v) is 9.44. The second kappa shape index (κ2) is 7.59. The molecule has 1 saturated carbocycles. The molecule has 1 amide bonds. The lowest BCUT2D eigenvalue weighted by molar-refractivity contribution is -0.121. The van der Waals surface area contributed by atoms with Gasteiger partial charge in [-0.25, -0.2) is 12.8 Å². The molecule has 0 unspecified atom stereocenters. The first-order valence-electron chi connectivity index (χ1n) is 9.99. The van der Waals surface area contributed by atoms with E-state index in [1.165, 1.54) is 29.2 Å². The van der Waals surface area contributed by atoms with Crippen molar-refractivity contribution < 1.29 is 26.9 Å². The number of aryl methyl sites for hydroxylation is 1. The zero-order chi connectivity index (χ0) is 22.5. The van der Waals surface area contributed by atoms with Gasteiger partial charge in [0.1, 0.15) is 11.6 Å². The summed E-state index contributed by atoms with van der Waals surface area (Å²) in [5.74, 6) is 0.613. The summed E-state index contributed by atoms with van der Waals surface area (Å²) in [5, 5.41) is 3.95. The number of aromatic nitrogens is 2. The average Bonchev–Trinajstić information content (AvgIpc) is 3.48. The molecule has 2 aliphatic rings. The van der Waals surface area contributed by atoms with Crippen LogP contribution in [0.5, 0.6) is 5.75 Å². The zero-order valence-electron chi connectivity index (χ0n) is 17.0. The maximum Gasteiger partial charge on any atom is 0.265 e. The number of amides is 1. The summed E-state index contributed by atoms with van der Waals surface area (Å²) in [5.41, 5.74) is 0.910. The number of nitrogens with zero attached hydrogens (tertiary/aromatic N) is 3. The molecule has 1 aliphatic heterocycles. The van der Waals surface area contributed by atoms with E-state index in [0.717, 1.165) is 18.9 Å². The van der Waals surface area contributed by atoms with Crippen molar-refractivity contribution >= 4 is 27.3 Å². The molecule has 0 spiro atoms. The van der Waals surface area contributed by atoms with Gasteiger partial charge in [0.2, 0.25) is 5.89 Å². The quantitative estimate of drug-likeness (QED) is 0.604. The maximum absolute atomic E-state index is 13.4. The Bertz CT molecular complexity index is 1320. The van der Waals surface area contributed by atoms with Crippen LogP contribution < -0.4 is 14.4 Å². The standard InChI is InChI=1S/C21H19FN4O5S/c1-12-7-16-17(9-18(12)32(28,29)25-15-4-2-3-14(22)8-15)30-11-20(27)26(16)10-19-23-21(31-24-19)13-5-6-13/h2-4,7-9,13,25H,5-6,10-11H2,1H3. The molecular weight excluding hydrogens is 439 g/mol. The van der Waals surface area contributed by atoms with E-state index in [4.69, 9.17) is 9.26 Å². The molecular formula is C21H19FN4O5S. The molecule has 3 aromatic rings. The van der Waals surface area contributed by atoms with Crippen molar-refractivity contribution in [3.05, 3.63) is 59.5 Å². The molecule has 2 heterocycles. The van der Waals surface area contributed by atoms with Crippen molar-refractivity contribution in [1.29, 1.82) is 0 Å². The lowest BCUT2D eigenvalue weighted by atomic mass is 10.1. The van der Waals surface area contributed by atoms with Crippen LogP contribution in [0.4, 0.5) is 15.8 Å². The molecule has 2 aromatic carbocycles. The highest BCUT2D eigenvalue weighted by molar-refractivity contribution is 7.92. The fourth-order valence-corrected chi connectivity index (χ4v) is 4.82. The van der Waals surface area contributed by atoms with Crippen molar-refractivity contribution in [2.75, 3.05) is 16.2 Å². The Balaban J connectivity index is 1.45. The summed E-state index contributed by atoms with van der Waals surface area (Å²) in [4.78, 5) is 18.3. The minimum absolute atomic E-state index is 0.0367. The number of carbonyl (C=O) groups is 1. The van der Waals surface area contributed by atoms with Crippen molar-refractivity contribution in [2.24, 2.45) is 0 Å². The molecule has 1 N–H and O–H groups in total. The van der Waals surface area contributed by atoms with Gasteiger partial charge in [-0.3, -0.25) is 14.4 Å². The van der Waals surface area contributed by atoms with E-state index >= 15 is 0 Å². The van der Waals surface area contributed by atoms with Crippen LogP contribution in [0.3, 0.4) is 0 Å². The van der Waals surface area contributed by atoms with Gasteiger partial charge in [-0.1, -0.05) is 11.2 Å². The summed E-state index contributed by atoms with van der Waals surface area (Å²) in [6.45, 7) is 1.44. The molecule has 32 heavy (non-hydrogen) atoms. The van der Waals surface area contributed by atoms with E-state index in [1.54, 1.807) is 13.0 Å². The number of sulfonamides is 1. The number of benzene rings is 2. The highest BCUT2D eigenvalue weighted by atomic mass is 32.2. The van der Waals surface area contributed by atoms with Crippen LogP contribution in [0.25, 0.3) is 0 Å². The second-order valence-electron chi connectivity index (χ2n) is 7.79. The molecule has 11 heteroatoms. The number of ether oxygens (including phenoxy) is 1. The number of rotatable bonds is 6. The van der Waals surface area contributed by atoms with Gasteiger partial charge in [-0.05, 0) is 49.6 Å². The van der Waals surface area contributed by atoms with E-state index in [-0.39, 0.29) is 35.4 Å². The molecule has 0 saturated heterocycles. The highest BCUT2D eigenvalue weighted by Gasteiger charge is 2.32. The van der Waals surface area contributed by atoms with Gasteiger partial charge in [0, 0.05) is 12.0 Å². The normalized spacial score (nSPS) is 15.9. The molecule has 9 nitrogen and oxygen atoms in total. The Morgan fingerprint density at radius 2 is 2.06 bits per heavy atom. The van der Waals surface area contributed by atoms with Crippen LogP contribution in [0.1, 0.15) is 36.0 Å². The minimum Gasteiger partial charge on any atom is -0.482 e. The monoisotopic (exact) mass is 458 g/mol. The third kappa shape index (κ3) is 3.91. The van der Waals surface area contributed by atoms with E-state index < -0.39 is 15.8 Å². The lowest BCUT2D eigenvalue weighted by Crippen LogP contribution is -2.38. The molecule has 0 bridgehead atoms. The molecule has 0 atom stereocenters. The molecule has 0 radical (unpaired) electrons. The number of fused-ring (bicyclic) bond motifs is 1. The van der Waals surface area contributed by atoms with Crippen LogP contribution >= 0.6 is 0 Å². The Labute approximate surface area is 183 Å². The van der Waals surface area contributed by atoms with Gasteiger partial charge in [-0.15, -0.1) is 0 Å². The molecule has 1 aromatic heterocycles. The van der Waals surface area contributed by atoms with Crippen molar-refractivity contribution in [3.63, 3.8) is 0 Å². The first-order chi connectivity index (χ1) is 15.3. The summed E-state index contributed by atoms with van der Waals surface area (Å²) < 4.78 is 52.4. The number of nitrogens with one attached hydrogen (secondary N) is 1. The van der Waals surface area contributed by atoms with E-state index in [2.05, 4.69) is 14.9 Å². The van der Waals surface area contributed by atoms with Gasteiger partial charge in [0.05, 0.1) is 22.8 Å². The van der Waals surface area contributed by atoms with Crippen LogP contribution in [0.15, 0.2) is 45.8 Å². The van der Waals surface area contributed by atoms with Gasteiger partial charge >= 0.3 is 0 Å². The topological polar surface area (TPSA) is 115 Å². The molecule has 5 rings (SSSR count). The Hall–Kier alpha value is -3.47. The fraction of sp³-hybridized carbons (Fsp3) is 0.286. The number of hydrogen-bond donors (Lipinski definition) is 1. The SMILES string of the molecule is Cc1cc2c(cc1S(=O)(=O)Nc1cccc(F)c1)OCC(=O)N2Cc1noc(C2CC2)n1. The van der Waals surface area contributed by atoms with E-state index in [0.29, 0.717) is 28.9 Å². The van der Waals surface area contributed by atoms with Gasteiger partial charge in [-0.2, -0.15) is 4.98 Å². The fourth-order valence-electron chi connectivity index (χ4n) is 3.53. The van der Waals surface area contributed by atoms with Crippen molar-refractivity contribution in [3.8, 4) is 5.75 Å².